The van der Waals surface area contributed by atoms with E-state index >= 15 is 0 Å². The summed E-state index contributed by atoms with van der Waals surface area (Å²) in [7, 11) is 0. The Labute approximate surface area is 86.7 Å². The summed E-state index contributed by atoms with van der Waals surface area (Å²) in [5.74, 6) is -0.437. The van der Waals surface area contributed by atoms with Gasteiger partial charge < -0.3 is 0 Å². The van der Waals surface area contributed by atoms with Gasteiger partial charge in [-0.15, -0.1) is 0 Å². The Kier molecular flexibility index (Phi) is 2.35. The third kappa shape index (κ3) is 1.67. The molecule has 1 heterocycles. The van der Waals surface area contributed by atoms with Crippen LogP contribution in [-0.2, 0) is 4.79 Å². The zero-order valence-electron chi connectivity index (χ0n) is 8.21. The molecule has 1 aromatic carbocycles. The van der Waals surface area contributed by atoms with E-state index in [0.29, 0.717) is 16.3 Å². The molecule has 0 fully saturated rings. The van der Waals surface area contributed by atoms with Crippen molar-refractivity contribution in [3.63, 3.8) is 0 Å². The van der Waals surface area contributed by atoms with Crippen LogP contribution in [0.3, 0.4) is 0 Å². The normalized spacial score (nSPS) is 10.3. The highest BCUT2D eigenvalue weighted by atomic mass is 16.5. The molecular formula is C11H10N2O2. The monoisotopic (exact) mass is 202 g/mol. The molecule has 4 heteroatoms. The Balaban J connectivity index is 2.65. The van der Waals surface area contributed by atoms with Crippen LogP contribution in [0, 0.1) is 0 Å². The Morgan fingerprint density at radius 3 is 2.80 bits per heavy atom. The lowest BCUT2D eigenvalue weighted by molar-refractivity contribution is -0.121. The predicted molar refractivity (Wildman–Crippen MR) is 56.7 cm³/mol. The highest BCUT2D eigenvalue weighted by Gasteiger charge is 2.11. The molecule has 1 N–H and O–H groups in total. The van der Waals surface area contributed by atoms with Gasteiger partial charge in [-0.2, -0.15) is 5.06 Å². The van der Waals surface area contributed by atoms with E-state index in [-0.39, 0.29) is 0 Å². The Morgan fingerprint density at radius 1 is 1.33 bits per heavy atom. The van der Waals surface area contributed by atoms with Gasteiger partial charge >= 0.3 is 0 Å². The highest BCUT2D eigenvalue weighted by molar-refractivity contribution is 5.99. The summed E-state index contributed by atoms with van der Waals surface area (Å²) in [6, 6.07) is 8.98. The number of carbonyl (C=O) groups is 1. The minimum atomic E-state index is -0.437. The number of carbonyl (C=O) groups excluding carboxylic acids is 1. The van der Waals surface area contributed by atoms with Crippen LogP contribution >= 0.6 is 0 Å². The summed E-state index contributed by atoms with van der Waals surface area (Å²) < 4.78 is 0. The van der Waals surface area contributed by atoms with Crippen LogP contribution in [0.5, 0.6) is 0 Å². The van der Waals surface area contributed by atoms with Crippen LogP contribution in [0.4, 0.5) is 5.69 Å². The number of benzene rings is 1. The standard InChI is InChI=1S/C11H10N2O2/c1-8(14)13(15)10-6-2-4-9-5-3-7-12-11(9)10/h2-7,15H,1H3. The van der Waals surface area contributed by atoms with Crippen molar-refractivity contribution >= 4 is 22.5 Å². The van der Waals surface area contributed by atoms with Gasteiger partial charge in [0, 0.05) is 18.5 Å². The van der Waals surface area contributed by atoms with E-state index in [0.717, 1.165) is 5.39 Å². The molecule has 0 aliphatic heterocycles. The lowest BCUT2D eigenvalue weighted by atomic mass is 10.2. The summed E-state index contributed by atoms with van der Waals surface area (Å²) in [6.45, 7) is 1.29. The van der Waals surface area contributed by atoms with Crippen molar-refractivity contribution in [2.45, 2.75) is 6.92 Å². The molecule has 1 aromatic heterocycles. The highest BCUT2D eigenvalue weighted by Crippen LogP contribution is 2.23. The van der Waals surface area contributed by atoms with Gasteiger partial charge in [-0.25, -0.2) is 0 Å². The number of hydrogen-bond donors (Lipinski definition) is 1. The van der Waals surface area contributed by atoms with E-state index in [1.807, 2.05) is 18.2 Å². The topological polar surface area (TPSA) is 53.4 Å². The molecule has 15 heavy (non-hydrogen) atoms. The summed E-state index contributed by atoms with van der Waals surface area (Å²) in [5, 5.41) is 11.0. The number of pyridine rings is 1. The first-order chi connectivity index (χ1) is 7.20. The lowest BCUT2D eigenvalue weighted by Gasteiger charge is -2.13. The summed E-state index contributed by atoms with van der Waals surface area (Å²) in [6.07, 6.45) is 1.62. The zero-order chi connectivity index (χ0) is 10.8. The number of rotatable bonds is 1. The molecule has 0 aliphatic rings. The molecule has 0 spiro atoms. The van der Waals surface area contributed by atoms with Gasteiger partial charge in [-0.05, 0) is 12.1 Å². The average Bonchev–Trinajstić information content (AvgIpc) is 2.27. The van der Waals surface area contributed by atoms with Crippen molar-refractivity contribution in [1.29, 1.82) is 0 Å². The third-order valence-electron chi connectivity index (χ3n) is 2.14. The Bertz CT molecular complexity index is 505. The number of nitrogens with zero attached hydrogens (tertiary/aromatic N) is 2. The first kappa shape index (κ1) is 9.61. The molecule has 2 rings (SSSR count). The van der Waals surface area contributed by atoms with Gasteiger partial charge in [-0.3, -0.25) is 15.0 Å². The maximum atomic E-state index is 11.0. The molecular weight excluding hydrogens is 192 g/mol. The third-order valence-corrected chi connectivity index (χ3v) is 2.14. The quantitative estimate of drug-likeness (QED) is 0.568. The van der Waals surface area contributed by atoms with E-state index < -0.39 is 5.91 Å². The molecule has 4 nitrogen and oxygen atoms in total. The maximum absolute atomic E-state index is 11.0. The van der Waals surface area contributed by atoms with E-state index in [1.54, 1.807) is 18.3 Å². The SMILES string of the molecule is CC(=O)N(O)c1cccc2cccnc12. The van der Waals surface area contributed by atoms with Crippen LogP contribution in [0.15, 0.2) is 36.5 Å². The van der Waals surface area contributed by atoms with Gasteiger partial charge in [0.25, 0.3) is 0 Å². The minimum absolute atomic E-state index is 0.403. The van der Waals surface area contributed by atoms with Crippen molar-refractivity contribution in [3.05, 3.63) is 36.5 Å². The average molecular weight is 202 g/mol. The number of amides is 1. The van der Waals surface area contributed by atoms with Crippen molar-refractivity contribution in [2.24, 2.45) is 0 Å². The molecule has 0 saturated heterocycles. The Morgan fingerprint density at radius 2 is 2.07 bits per heavy atom. The van der Waals surface area contributed by atoms with Crippen molar-refractivity contribution < 1.29 is 10.0 Å². The fourth-order valence-electron chi connectivity index (χ4n) is 1.43. The number of fused-ring (bicyclic) bond motifs is 1. The van der Waals surface area contributed by atoms with Crippen LogP contribution < -0.4 is 5.06 Å². The largest absolute Gasteiger partial charge is 0.281 e. The fraction of sp³-hybridized carbons (Fsp3) is 0.0909. The maximum Gasteiger partial charge on any atom is 0.247 e. The molecule has 0 radical (unpaired) electrons. The second-order valence-corrected chi connectivity index (χ2v) is 3.18. The minimum Gasteiger partial charge on any atom is -0.281 e. The van der Waals surface area contributed by atoms with E-state index in [9.17, 15) is 10.0 Å². The first-order valence-electron chi connectivity index (χ1n) is 4.53. The number of aromatic nitrogens is 1. The molecule has 0 saturated carbocycles. The fourth-order valence-corrected chi connectivity index (χ4v) is 1.43. The smallest absolute Gasteiger partial charge is 0.247 e. The molecule has 1 amide bonds. The van der Waals surface area contributed by atoms with E-state index in [4.69, 9.17) is 0 Å². The zero-order valence-corrected chi connectivity index (χ0v) is 8.21. The van der Waals surface area contributed by atoms with Gasteiger partial charge in [0.2, 0.25) is 5.91 Å². The second-order valence-electron chi connectivity index (χ2n) is 3.18. The van der Waals surface area contributed by atoms with Gasteiger partial charge in [0.05, 0.1) is 11.2 Å². The molecule has 0 aliphatic carbocycles. The molecule has 0 atom stereocenters. The van der Waals surface area contributed by atoms with Crippen LogP contribution in [0.25, 0.3) is 10.9 Å². The van der Waals surface area contributed by atoms with Crippen LogP contribution in [0.1, 0.15) is 6.92 Å². The van der Waals surface area contributed by atoms with Gasteiger partial charge in [0.15, 0.2) is 0 Å². The van der Waals surface area contributed by atoms with Crippen molar-refractivity contribution in [3.8, 4) is 0 Å². The lowest BCUT2D eigenvalue weighted by Crippen LogP contribution is -2.24. The summed E-state index contributed by atoms with van der Waals surface area (Å²) in [5.41, 5.74) is 1.01. The van der Waals surface area contributed by atoms with Crippen LogP contribution in [0.2, 0.25) is 0 Å². The van der Waals surface area contributed by atoms with Crippen molar-refractivity contribution in [1.82, 2.24) is 4.98 Å². The summed E-state index contributed by atoms with van der Waals surface area (Å²) >= 11 is 0. The van der Waals surface area contributed by atoms with Gasteiger partial charge in [0.1, 0.15) is 0 Å². The molecule has 76 valence electrons. The second kappa shape index (κ2) is 3.67. The number of hydrogen-bond acceptors (Lipinski definition) is 3. The number of hydroxylamine groups is 1. The van der Waals surface area contributed by atoms with Crippen molar-refractivity contribution in [2.75, 3.05) is 5.06 Å². The molecule has 2 aromatic rings. The number of para-hydroxylation sites is 1. The van der Waals surface area contributed by atoms with E-state index in [1.165, 1.54) is 6.92 Å². The molecule has 0 bridgehead atoms. The number of anilines is 1. The predicted octanol–water partition coefficient (Wildman–Crippen LogP) is 1.98. The first-order valence-corrected chi connectivity index (χ1v) is 4.53. The summed E-state index contributed by atoms with van der Waals surface area (Å²) in [4.78, 5) is 15.2. The van der Waals surface area contributed by atoms with Crippen LogP contribution in [-0.4, -0.2) is 16.1 Å². The molecule has 0 unspecified atom stereocenters. The Hall–Kier alpha value is -1.94. The van der Waals surface area contributed by atoms with Gasteiger partial charge in [-0.1, -0.05) is 18.2 Å². The van der Waals surface area contributed by atoms with E-state index in [2.05, 4.69) is 4.98 Å².